The third-order valence-electron chi connectivity index (χ3n) is 2.95. The molecule has 0 radical (unpaired) electrons. The monoisotopic (exact) mass is 289 g/mol. The highest BCUT2D eigenvalue weighted by atomic mass is 32.2. The fourth-order valence-corrected chi connectivity index (χ4v) is 3.47. The van der Waals surface area contributed by atoms with E-state index in [9.17, 15) is 8.42 Å². The molecule has 0 atom stereocenters. The van der Waals surface area contributed by atoms with Gasteiger partial charge in [-0.3, -0.25) is 0 Å². The van der Waals surface area contributed by atoms with Gasteiger partial charge in [0.25, 0.3) is 10.0 Å². The molecular weight excluding hydrogens is 278 g/mol. The number of fused-ring (bicyclic) bond motifs is 1. The highest BCUT2D eigenvalue weighted by molar-refractivity contribution is 7.90. The number of benzene rings is 2. The van der Waals surface area contributed by atoms with Gasteiger partial charge in [0, 0.05) is 17.3 Å². The van der Waals surface area contributed by atoms with Gasteiger partial charge in [0.15, 0.2) is 0 Å². The maximum absolute atomic E-state index is 12.4. The zero-order chi connectivity index (χ0) is 13.5. The van der Waals surface area contributed by atoms with Crippen LogP contribution in [0.2, 0.25) is 0 Å². The molecule has 0 N–H and O–H groups in total. The fraction of sp³-hybridized carbons (Fsp3) is 0. The minimum absolute atomic E-state index is 0.273. The maximum atomic E-state index is 12.4. The second kappa shape index (κ2) is 4.43. The van der Waals surface area contributed by atoms with E-state index in [4.69, 9.17) is 0 Å². The van der Waals surface area contributed by atoms with Gasteiger partial charge in [-0.2, -0.15) is 0 Å². The van der Waals surface area contributed by atoms with Crippen molar-refractivity contribution in [2.24, 2.45) is 0 Å². The van der Waals surface area contributed by atoms with Gasteiger partial charge in [-0.1, -0.05) is 30.3 Å². The SMILES string of the molecule is O=S(=O)(c1ccc2ccccc2c1)n1ccc(S)c1. The van der Waals surface area contributed by atoms with Gasteiger partial charge in [-0.05, 0) is 29.0 Å². The molecule has 19 heavy (non-hydrogen) atoms. The number of nitrogens with zero attached hydrogens (tertiary/aromatic N) is 1. The standard InChI is InChI=1S/C14H11NO2S2/c16-19(17,15-8-7-13(18)10-15)14-6-5-11-3-1-2-4-12(11)9-14/h1-10,18H. The first-order valence-corrected chi connectivity index (χ1v) is 7.57. The first kappa shape index (κ1) is 12.3. The van der Waals surface area contributed by atoms with Crippen LogP contribution in [0.25, 0.3) is 10.8 Å². The normalized spacial score (nSPS) is 11.8. The van der Waals surface area contributed by atoms with Crippen molar-refractivity contribution in [3.8, 4) is 0 Å². The lowest BCUT2D eigenvalue weighted by molar-refractivity contribution is 0.587. The lowest BCUT2D eigenvalue weighted by Crippen LogP contribution is -2.10. The highest BCUT2D eigenvalue weighted by Gasteiger charge is 2.16. The molecule has 0 amide bonds. The van der Waals surface area contributed by atoms with E-state index < -0.39 is 10.0 Å². The van der Waals surface area contributed by atoms with Gasteiger partial charge in [0.05, 0.1) is 4.90 Å². The molecule has 0 unspecified atom stereocenters. The van der Waals surface area contributed by atoms with Crippen molar-refractivity contribution in [1.82, 2.24) is 3.97 Å². The van der Waals surface area contributed by atoms with Crippen molar-refractivity contribution in [2.75, 3.05) is 0 Å². The minimum atomic E-state index is -3.54. The van der Waals surface area contributed by atoms with Crippen molar-refractivity contribution < 1.29 is 8.42 Å². The van der Waals surface area contributed by atoms with Gasteiger partial charge in [-0.25, -0.2) is 12.4 Å². The van der Waals surface area contributed by atoms with Crippen LogP contribution in [0, 0.1) is 0 Å². The summed E-state index contributed by atoms with van der Waals surface area (Å²) < 4.78 is 26.0. The molecule has 0 bridgehead atoms. The van der Waals surface area contributed by atoms with Crippen molar-refractivity contribution in [3.05, 3.63) is 60.9 Å². The third-order valence-corrected chi connectivity index (χ3v) is 4.84. The number of rotatable bonds is 2. The molecule has 0 aliphatic rings. The summed E-state index contributed by atoms with van der Waals surface area (Å²) in [5.74, 6) is 0. The predicted octanol–water partition coefficient (Wildman–Crippen LogP) is 3.17. The van der Waals surface area contributed by atoms with Crippen molar-refractivity contribution >= 4 is 33.4 Å². The van der Waals surface area contributed by atoms with Gasteiger partial charge in [-0.15, -0.1) is 12.6 Å². The summed E-state index contributed by atoms with van der Waals surface area (Å²) in [6.07, 6.45) is 2.97. The number of hydrogen-bond donors (Lipinski definition) is 1. The Hall–Kier alpha value is -1.72. The molecule has 0 aliphatic heterocycles. The summed E-state index contributed by atoms with van der Waals surface area (Å²) in [4.78, 5) is 0.888. The fourth-order valence-electron chi connectivity index (χ4n) is 1.97. The Morgan fingerprint density at radius 1 is 0.947 bits per heavy atom. The quantitative estimate of drug-likeness (QED) is 0.736. The van der Waals surface area contributed by atoms with Gasteiger partial charge < -0.3 is 0 Å². The summed E-state index contributed by atoms with van der Waals surface area (Å²) in [5.41, 5.74) is 0. The average molecular weight is 289 g/mol. The zero-order valence-electron chi connectivity index (χ0n) is 9.89. The van der Waals surface area contributed by atoms with Gasteiger partial charge >= 0.3 is 0 Å². The average Bonchev–Trinajstić information content (AvgIpc) is 2.85. The van der Waals surface area contributed by atoms with E-state index in [1.165, 1.54) is 16.4 Å². The Morgan fingerprint density at radius 2 is 1.68 bits per heavy atom. The highest BCUT2D eigenvalue weighted by Crippen LogP contribution is 2.21. The minimum Gasteiger partial charge on any atom is -0.248 e. The summed E-state index contributed by atoms with van der Waals surface area (Å²) in [6, 6.07) is 14.4. The van der Waals surface area contributed by atoms with Gasteiger partial charge in [0.2, 0.25) is 0 Å². The molecule has 1 aromatic heterocycles. The Labute approximate surface area is 117 Å². The Balaban J connectivity index is 2.18. The summed E-state index contributed by atoms with van der Waals surface area (Å²) in [5, 5.41) is 1.92. The Morgan fingerprint density at radius 3 is 2.37 bits per heavy atom. The molecule has 0 aliphatic carbocycles. The van der Waals surface area contributed by atoms with Crippen LogP contribution in [-0.2, 0) is 10.0 Å². The smallest absolute Gasteiger partial charge is 0.248 e. The lowest BCUT2D eigenvalue weighted by atomic mass is 10.1. The first-order chi connectivity index (χ1) is 9.07. The molecule has 0 spiro atoms. The number of aromatic nitrogens is 1. The second-order valence-electron chi connectivity index (χ2n) is 4.21. The summed E-state index contributed by atoms with van der Waals surface area (Å²) >= 11 is 4.12. The topological polar surface area (TPSA) is 39.1 Å². The molecule has 3 rings (SSSR count). The third kappa shape index (κ3) is 2.15. The van der Waals surface area contributed by atoms with Crippen molar-refractivity contribution in [3.63, 3.8) is 0 Å². The molecule has 1 heterocycles. The summed E-state index contributed by atoms with van der Waals surface area (Å²) in [7, 11) is -3.54. The van der Waals surface area contributed by atoms with Crippen LogP contribution in [0.1, 0.15) is 0 Å². The zero-order valence-corrected chi connectivity index (χ0v) is 11.6. The largest absolute Gasteiger partial charge is 0.267 e. The van der Waals surface area contributed by atoms with Crippen LogP contribution in [0.15, 0.2) is 70.7 Å². The number of hydrogen-bond acceptors (Lipinski definition) is 3. The Bertz CT molecular complexity index is 851. The van der Waals surface area contributed by atoms with E-state index >= 15 is 0 Å². The molecule has 3 aromatic rings. The molecule has 5 heteroatoms. The van der Waals surface area contributed by atoms with E-state index in [0.29, 0.717) is 4.90 Å². The predicted molar refractivity (Wildman–Crippen MR) is 78.2 cm³/mol. The van der Waals surface area contributed by atoms with E-state index in [1.54, 1.807) is 18.2 Å². The van der Waals surface area contributed by atoms with Crippen molar-refractivity contribution in [2.45, 2.75) is 9.79 Å². The molecule has 0 saturated carbocycles. The molecule has 2 aromatic carbocycles. The van der Waals surface area contributed by atoms with Crippen LogP contribution in [0.5, 0.6) is 0 Å². The summed E-state index contributed by atoms with van der Waals surface area (Å²) in [6.45, 7) is 0. The number of thiol groups is 1. The molecular formula is C14H11NO2S2. The van der Waals surface area contributed by atoms with Crippen LogP contribution in [0.4, 0.5) is 0 Å². The van der Waals surface area contributed by atoms with E-state index in [2.05, 4.69) is 12.6 Å². The van der Waals surface area contributed by atoms with E-state index in [-0.39, 0.29) is 4.90 Å². The molecule has 96 valence electrons. The van der Waals surface area contributed by atoms with E-state index in [1.807, 2.05) is 30.3 Å². The Kier molecular flexibility index (Phi) is 2.88. The molecule has 0 fully saturated rings. The molecule has 3 nitrogen and oxygen atoms in total. The van der Waals surface area contributed by atoms with Gasteiger partial charge in [0.1, 0.15) is 0 Å². The molecule has 0 saturated heterocycles. The van der Waals surface area contributed by atoms with Crippen molar-refractivity contribution in [1.29, 1.82) is 0 Å². The van der Waals surface area contributed by atoms with Crippen LogP contribution >= 0.6 is 12.6 Å². The second-order valence-corrected chi connectivity index (χ2v) is 6.57. The van der Waals surface area contributed by atoms with Crippen LogP contribution in [-0.4, -0.2) is 12.4 Å². The van der Waals surface area contributed by atoms with Crippen LogP contribution < -0.4 is 0 Å². The first-order valence-electron chi connectivity index (χ1n) is 5.69. The van der Waals surface area contributed by atoms with Crippen LogP contribution in [0.3, 0.4) is 0 Å². The van der Waals surface area contributed by atoms with E-state index in [0.717, 1.165) is 10.8 Å². The lowest BCUT2D eigenvalue weighted by Gasteiger charge is -2.06. The maximum Gasteiger partial charge on any atom is 0.267 e.